The maximum Gasteiger partial charge on any atom is 0.308 e. The molecule has 0 saturated heterocycles. The predicted octanol–water partition coefficient (Wildman–Crippen LogP) is 5.68. The molecule has 0 bridgehead atoms. The van der Waals surface area contributed by atoms with E-state index in [1.165, 1.54) is 5.56 Å². The van der Waals surface area contributed by atoms with Crippen molar-refractivity contribution in [1.29, 1.82) is 5.41 Å². The van der Waals surface area contributed by atoms with Gasteiger partial charge in [0.2, 0.25) is 5.90 Å². The zero-order valence-electron chi connectivity index (χ0n) is 23.1. The van der Waals surface area contributed by atoms with E-state index in [4.69, 9.17) is 15.1 Å². The summed E-state index contributed by atoms with van der Waals surface area (Å²) in [5, 5.41) is 21.6. The number of hydrogen-bond donors (Lipinski definition) is 3. The lowest BCUT2D eigenvalue weighted by molar-refractivity contribution is -0.146. The van der Waals surface area contributed by atoms with Gasteiger partial charge in [0.15, 0.2) is 0 Å². The van der Waals surface area contributed by atoms with Gasteiger partial charge in [0.1, 0.15) is 17.6 Å². The number of rotatable bonds is 7. The van der Waals surface area contributed by atoms with Gasteiger partial charge >= 0.3 is 11.9 Å². The second-order valence-corrected chi connectivity index (χ2v) is 11.2. The molecule has 3 aliphatic carbocycles. The van der Waals surface area contributed by atoms with Crippen molar-refractivity contribution in [3.8, 4) is 11.8 Å². The van der Waals surface area contributed by atoms with Crippen LogP contribution in [0, 0.1) is 42.4 Å². The fourth-order valence-electron chi connectivity index (χ4n) is 5.96. The molecule has 1 amide bonds. The third kappa shape index (κ3) is 5.23. The zero-order chi connectivity index (χ0) is 27.9. The van der Waals surface area contributed by atoms with E-state index in [0.29, 0.717) is 42.4 Å². The molecule has 8 nitrogen and oxygen atoms in total. The number of pyridine rings is 1. The van der Waals surface area contributed by atoms with E-state index >= 15 is 0 Å². The van der Waals surface area contributed by atoms with Crippen molar-refractivity contribution in [2.45, 2.75) is 77.7 Å². The van der Waals surface area contributed by atoms with Crippen LogP contribution in [0.4, 0.5) is 17.2 Å². The van der Waals surface area contributed by atoms with Crippen LogP contribution in [0.1, 0.15) is 80.2 Å². The van der Waals surface area contributed by atoms with Crippen molar-refractivity contribution in [2.24, 2.45) is 11.3 Å². The Labute approximate surface area is 229 Å². The van der Waals surface area contributed by atoms with Crippen LogP contribution in [0.3, 0.4) is 0 Å². The van der Waals surface area contributed by atoms with E-state index in [1.54, 1.807) is 31.0 Å². The number of amides is 1. The lowest BCUT2D eigenvalue weighted by Crippen LogP contribution is -2.36. The lowest BCUT2D eigenvalue weighted by atomic mass is 9.75. The zero-order valence-corrected chi connectivity index (χ0v) is 23.1. The van der Waals surface area contributed by atoms with Crippen LogP contribution in [0.25, 0.3) is 0 Å². The van der Waals surface area contributed by atoms with Crippen molar-refractivity contribution in [3.05, 3.63) is 46.6 Å². The fraction of sp³-hybridized carbons (Fsp3) is 0.484. The number of carboxylic acids is 1. The third-order valence-corrected chi connectivity index (χ3v) is 8.56. The van der Waals surface area contributed by atoms with Gasteiger partial charge in [-0.05, 0) is 118 Å². The monoisotopic (exact) mass is 528 g/mol. The molecule has 3 saturated carbocycles. The summed E-state index contributed by atoms with van der Waals surface area (Å²) in [5.41, 5.74) is 4.85. The van der Waals surface area contributed by atoms with Crippen LogP contribution in [-0.4, -0.2) is 41.0 Å². The molecule has 0 unspecified atom stereocenters. The molecule has 1 heterocycles. The molecule has 0 aliphatic heterocycles. The van der Waals surface area contributed by atoms with Crippen molar-refractivity contribution < 1.29 is 19.4 Å². The third-order valence-electron chi connectivity index (χ3n) is 8.56. The molecular weight excluding hydrogens is 492 g/mol. The summed E-state index contributed by atoms with van der Waals surface area (Å²) in [6, 6.07) is 7.76. The predicted molar refractivity (Wildman–Crippen MR) is 151 cm³/mol. The Morgan fingerprint density at radius 3 is 2.49 bits per heavy atom. The minimum absolute atomic E-state index is 0.0905. The van der Waals surface area contributed by atoms with E-state index in [0.717, 1.165) is 42.5 Å². The summed E-state index contributed by atoms with van der Waals surface area (Å²) in [4.78, 5) is 31.5. The van der Waals surface area contributed by atoms with E-state index in [9.17, 15) is 14.7 Å². The number of benzene rings is 1. The first-order valence-corrected chi connectivity index (χ1v) is 13.7. The smallest absolute Gasteiger partial charge is 0.308 e. The van der Waals surface area contributed by atoms with Gasteiger partial charge in [-0.2, -0.15) is 0 Å². The summed E-state index contributed by atoms with van der Waals surface area (Å²) in [6.45, 7) is 5.74. The molecule has 1 aromatic heterocycles. The Kier molecular flexibility index (Phi) is 7.11. The highest BCUT2D eigenvalue weighted by molar-refractivity contribution is 6.11. The first kappa shape index (κ1) is 26.7. The number of nitrogens with zero attached hydrogens (tertiary/aromatic N) is 2. The molecule has 2 atom stereocenters. The van der Waals surface area contributed by atoms with Gasteiger partial charge in [-0.25, -0.2) is 4.98 Å². The van der Waals surface area contributed by atoms with Crippen LogP contribution in [0.15, 0.2) is 24.3 Å². The normalized spacial score (nSPS) is 20.9. The number of aryl methyl sites for hydroxylation is 2. The Balaban J connectivity index is 1.48. The van der Waals surface area contributed by atoms with Crippen molar-refractivity contribution >= 4 is 35.0 Å². The van der Waals surface area contributed by atoms with Crippen LogP contribution in [0.2, 0.25) is 0 Å². The molecule has 1 aromatic carbocycles. The fourth-order valence-corrected chi connectivity index (χ4v) is 5.96. The molecule has 1 spiro atoms. The van der Waals surface area contributed by atoms with Crippen molar-refractivity contribution in [3.63, 3.8) is 0 Å². The molecule has 0 radical (unpaired) electrons. The number of carboxylic acid groups (broad SMARTS) is 1. The highest BCUT2D eigenvalue weighted by atomic mass is 16.5. The molecule has 39 heavy (non-hydrogen) atoms. The van der Waals surface area contributed by atoms with Gasteiger partial charge in [-0.3, -0.25) is 19.9 Å². The Morgan fingerprint density at radius 2 is 1.87 bits per heavy atom. The minimum atomic E-state index is -0.732. The first-order chi connectivity index (χ1) is 18.7. The standard InChI is InChI=1S/C31H36N4O4/c1-5-6-27(36)35(25-16-19(3)18(2)15-22(25)20-7-8-20)26-12-11-24(33-4)28(34-26)29(32)39-21-9-10-23(30(37)38)31(17-21)13-14-31/h11-12,15-16,20-21,23,32-33H,7-10,13-14,17H2,1-4H3,(H,37,38)/t21-,23-/m1/s1. The maximum atomic E-state index is 13.4. The quantitative estimate of drug-likeness (QED) is 0.242. The van der Waals surface area contributed by atoms with Gasteiger partial charge < -0.3 is 15.2 Å². The SMILES string of the molecule is CC#CC(=O)N(c1ccc(NC)c(C(=N)O[C@@H]2CC[C@H](C(=O)O)C3(CC3)C2)n1)c1cc(C)c(C)cc1C1CC1. The highest BCUT2D eigenvalue weighted by Gasteiger charge is 2.56. The van der Waals surface area contributed by atoms with Crippen LogP contribution < -0.4 is 10.2 Å². The Hall–Kier alpha value is -3.86. The molecular formula is C31H36N4O4. The first-order valence-electron chi connectivity index (χ1n) is 13.7. The molecule has 2 aromatic rings. The van der Waals surface area contributed by atoms with E-state index < -0.39 is 5.97 Å². The number of aromatic nitrogens is 1. The lowest BCUT2D eigenvalue weighted by Gasteiger charge is -2.34. The molecule has 5 rings (SSSR count). The number of ether oxygens (including phenoxy) is 1. The second kappa shape index (κ2) is 10.4. The van der Waals surface area contributed by atoms with E-state index in [2.05, 4.69) is 30.1 Å². The van der Waals surface area contributed by atoms with Crippen molar-refractivity contribution in [2.75, 3.05) is 17.3 Å². The van der Waals surface area contributed by atoms with Gasteiger partial charge in [0, 0.05) is 7.05 Å². The number of nitrogens with one attached hydrogen (secondary N) is 2. The number of aliphatic carboxylic acids is 1. The topological polar surface area (TPSA) is 116 Å². The summed E-state index contributed by atoms with van der Waals surface area (Å²) >= 11 is 0. The average molecular weight is 529 g/mol. The molecule has 3 fully saturated rings. The minimum Gasteiger partial charge on any atom is -0.481 e. The highest BCUT2D eigenvalue weighted by Crippen LogP contribution is 2.60. The van der Waals surface area contributed by atoms with Crippen molar-refractivity contribution in [1.82, 2.24) is 4.98 Å². The molecule has 3 aliphatic rings. The van der Waals surface area contributed by atoms with Gasteiger partial charge in [0.05, 0.1) is 17.3 Å². The summed E-state index contributed by atoms with van der Waals surface area (Å²) in [6.07, 6.45) is 5.47. The molecule has 8 heteroatoms. The molecule has 204 valence electrons. The second-order valence-electron chi connectivity index (χ2n) is 11.2. The summed E-state index contributed by atoms with van der Waals surface area (Å²) in [7, 11) is 1.75. The van der Waals surface area contributed by atoms with Crippen LogP contribution >= 0.6 is 0 Å². The average Bonchev–Trinajstić information content (AvgIpc) is 3.84. The number of anilines is 3. The van der Waals surface area contributed by atoms with Gasteiger partial charge in [-0.15, -0.1) is 0 Å². The number of carbonyl (C=O) groups excluding carboxylic acids is 1. The number of hydrogen-bond acceptors (Lipinski definition) is 6. The van der Waals surface area contributed by atoms with Crippen LogP contribution in [-0.2, 0) is 14.3 Å². The Bertz CT molecular complexity index is 1400. The molecule has 3 N–H and O–H groups in total. The largest absolute Gasteiger partial charge is 0.481 e. The van der Waals surface area contributed by atoms with E-state index in [1.807, 2.05) is 13.0 Å². The maximum absolute atomic E-state index is 13.4. The Morgan fingerprint density at radius 1 is 1.15 bits per heavy atom. The summed E-state index contributed by atoms with van der Waals surface area (Å²) < 4.78 is 6.14. The van der Waals surface area contributed by atoms with Gasteiger partial charge in [-0.1, -0.05) is 12.0 Å². The number of carbonyl (C=O) groups is 2. The van der Waals surface area contributed by atoms with E-state index in [-0.39, 0.29) is 29.2 Å². The van der Waals surface area contributed by atoms with Gasteiger partial charge in [0.25, 0.3) is 0 Å². The summed E-state index contributed by atoms with van der Waals surface area (Å²) in [5.74, 6) is 4.65. The van der Waals surface area contributed by atoms with Crippen LogP contribution in [0.5, 0.6) is 0 Å².